The number of methoxy groups -OCH3 is 1. The number of ether oxygens (including phenoxy) is 1. The minimum absolute atomic E-state index is 0.208. The molecule has 8 heteroatoms. The first-order valence-corrected chi connectivity index (χ1v) is 8.33. The van der Waals surface area contributed by atoms with Crippen LogP contribution in [-0.2, 0) is 24.3 Å². The van der Waals surface area contributed by atoms with E-state index in [4.69, 9.17) is 0 Å². The zero-order valence-electron chi connectivity index (χ0n) is 12.3. The molecule has 0 aromatic rings. The Morgan fingerprint density at radius 3 is 2.55 bits per heavy atom. The highest BCUT2D eigenvalue weighted by Crippen LogP contribution is 2.22. The van der Waals surface area contributed by atoms with Gasteiger partial charge >= 0.3 is 5.97 Å². The van der Waals surface area contributed by atoms with Gasteiger partial charge in [0.1, 0.15) is 6.04 Å². The largest absolute Gasteiger partial charge is 0.469 e. The predicted octanol–water partition coefficient (Wildman–Crippen LogP) is -0.322. The standard InChI is InChI=1S/C12H22N2O5S/c1-9(12(16)19-3)8-13(2)11(15)10-6-5-7-14(10)20(4,17)18/h9-10H,5-8H2,1-4H3. The Morgan fingerprint density at radius 1 is 1.45 bits per heavy atom. The first-order valence-electron chi connectivity index (χ1n) is 6.48. The van der Waals surface area contributed by atoms with Gasteiger partial charge in [0.25, 0.3) is 0 Å². The zero-order valence-corrected chi connectivity index (χ0v) is 13.1. The molecule has 1 rings (SSSR count). The fourth-order valence-electron chi connectivity index (χ4n) is 2.41. The Kier molecular flexibility index (Phi) is 5.52. The summed E-state index contributed by atoms with van der Waals surface area (Å²) in [6, 6.07) is -0.653. The number of esters is 1. The van der Waals surface area contributed by atoms with E-state index < -0.39 is 28.0 Å². The number of likely N-dealkylation sites (N-methyl/N-ethyl adjacent to an activating group) is 1. The van der Waals surface area contributed by atoms with Crippen molar-refractivity contribution in [3.8, 4) is 0 Å². The van der Waals surface area contributed by atoms with Gasteiger partial charge in [-0.3, -0.25) is 9.59 Å². The van der Waals surface area contributed by atoms with Crippen molar-refractivity contribution in [3.05, 3.63) is 0 Å². The molecule has 7 nitrogen and oxygen atoms in total. The van der Waals surface area contributed by atoms with Crippen LogP contribution in [-0.4, -0.2) is 69.0 Å². The molecule has 1 aliphatic rings. The van der Waals surface area contributed by atoms with Gasteiger partial charge < -0.3 is 9.64 Å². The van der Waals surface area contributed by atoms with Crippen LogP contribution in [0.1, 0.15) is 19.8 Å². The number of hydrogen-bond donors (Lipinski definition) is 0. The summed E-state index contributed by atoms with van der Waals surface area (Å²) in [6.45, 7) is 2.24. The average Bonchev–Trinajstić information content (AvgIpc) is 2.85. The number of carbonyl (C=O) groups excluding carboxylic acids is 2. The highest BCUT2D eigenvalue weighted by molar-refractivity contribution is 7.88. The third-order valence-corrected chi connectivity index (χ3v) is 4.73. The van der Waals surface area contributed by atoms with Crippen molar-refractivity contribution < 1.29 is 22.7 Å². The Hall–Kier alpha value is -1.15. The second-order valence-electron chi connectivity index (χ2n) is 5.17. The molecular formula is C12H22N2O5S. The van der Waals surface area contributed by atoms with E-state index in [9.17, 15) is 18.0 Å². The van der Waals surface area contributed by atoms with Crippen LogP contribution in [0.15, 0.2) is 0 Å². The average molecular weight is 306 g/mol. The fourth-order valence-corrected chi connectivity index (χ4v) is 3.53. The molecule has 20 heavy (non-hydrogen) atoms. The van der Waals surface area contributed by atoms with Crippen LogP contribution in [0.3, 0.4) is 0 Å². The van der Waals surface area contributed by atoms with Crippen LogP contribution < -0.4 is 0 Å². The Labute approximate surface area is 119 Å². The minimum Gasteiger partial charge on any atom is -0.469 e. The maximum atomic E-state index is 12.3. The number of amides is 1. The molecule has 2 atom stereocenters. The quantitative estimate of drug-likeness (QED) is 0.650. The molecule has 116 valence electrons. The highest BCUT2D eigenvalue weighted by atomic mass is 32.2. The third-order valence-electron chi connectivity index (χ3n) is 3.44. The molecule has 0 saturated carbocycles. The summed E-state index contributed by atoms with van der Waals surface area (Å²) >= 11 is 0. The summed E-state index contributed by atoms with van der Waals surface area (Å²) in [6.07, 6.45) is 2.29. The molecule has 0 spiro atoms. The molecule has 0 bridgehead atoms. The summed E-state index contributed by atoms with van der Waals surface area (Å²) in [7, 11) is -0.521. The van der Waals surface area contributed by atoms with Crippen molar-refractivity contribution in [2.24, 2.45) is 5.92 Å². The van der Waals surface area contributed by atoms with Gasteiger partial charge in [0, 0.05) is 20.1 Å². The minimum atomic E-state index is -3.39. The SMILES string of the molecule is COC(=O)C(C)CN(C)C(=O)C1CCCN1S(C)(=O)=O. The van der Waals surface area contributed by atoms with Crippen LogP contribution in [0.25, 0.3) is 0 Å². The molecular weight excluding hydrogens is 284 g/mol. The molecule has 1 aliphatic heterocycles. The Bertz CT molecular complexity index is 476. The molecule has 1 fully saturated rings. The number of rotatable bonds is 5. The van der Waals surface area contributed by atoms with Crippen LogP contribution >= 0.6 is 0 Å². The third kappa shape index (κ3) is 3.92. The molecule has 0 aromatic carbocycles. The molecule has 1 heterocycles. The van der Waals surface area contributed by atoms with Gasteiger partial charge in [-0.15, -0.1) is 0 Å². The lowest BCUT2D eigenvalue weighted by Gasteiger charge is -2.27. The van der Waals surface area contributed by atoms with Crippen molar-refractivity contribution in [1.29, 1.82) is 0 Å². The van der Waals surface area contributed by atoms with Gasteiger partial charge in [-0.05, 0) is 12.8 Å². The monoisotopic (exact) mass is 306 g/mol. The molecule has 0 radical (unpaired) electrons. The number of sulfonamides is 1. The van der Waals surface area contributed by atoms with E-state index in [0.717, 1.165) is 6.26 Å². The van der Waals surface area contributed by atoms with Crippen LogP contribution in [0.5, 0.6) is 0 Å². The lowest BCUT2D eigenvalue weighted by atomic mass is 10.1. The molecule has 0 aromatic heterocycles. The molecule has 2 unspecified atom stereocenters. The van der Waals surface area contributed by atoms with Gasteiger partial charge in [-0.2, -0.15) is 4.31 Å². The van der Waals surface area contributed by atoms with Crippen molar-refractivity contribution >= 4 is 21.9 Å². The lowest BCUT2D eigenvalue weighted by molar-refractivity contribution is -0.146. The molecule has 0 aliphatic carbocycles. The topological polar surface area (TPSA) is 84.0 Å². The number of nitrogens with zero attached hydrogens (tertiary/aromatic N) is 2. The second-order valence-corrected chi connectivity index (χ2v) is 7.11. The molecule has 1 amide bonds. The first kappa shape index (κ1) is 16.9. The maximum Gasteiger partial charge on any atom is 0.310 e. The Balaban J connectivity index is 2.72. The lowest BCUT2D eigenvalue weighted by Crippen LogP contribution is -2.47. The van der Waals surface area contributed by atoms with Gasteiger partial charge in [0.05, 0.1) is 19.3 Å². The summed E-state index contributed by atoms with van der Waals surface area (Å²) in [5.41, 5.74) is 0. The van der Waals surface area contributed by atoms with Crippen LogP contribution in [0, 0.1) is 5.92 Å². The molecule has 1 saturated heterocycles. The molecule has 0 N–H and O–H groups in total. The van der Waals surface area contributed by atoms with Crippen LogP contribution in [0.2, 0.25) is 0 Å². The van der Waals surface area contributed by atoms with Crippen molar-refractivity contribution in [3.63, 3.8) is 0 Å². The zero-order chi connectivity index (χ0) is 15.5. The number of carbonyl (C=O) groups is 2. The maximum absolute atomic E-state index is 12.3. The number of hydrogen-bond acceptors (Lipinski definition) is 5. The van der Waals surface area contributed by atoms with Crippen molar-refractivity contribution in [1.82, 2.24) is 9.21 Å². The summed E-state index contributed by atoms with van der Waals surface area (Å²) < 4.78 is 29.1. The van der Waals surface area contributed by atoms with E-state index in [0.29, 0.717) is 19.4 Å². The van der Waals surface area contributed by atoms with Crippen LogP contribution in [0.4, 0.5) is 0 Å². The van der Waals surface area contributed by atoms with E-state index >= 15 is 0 Å². The second kappa shape index (κ2) is 6.53. The summed E-state index contributed by atoms with van der Waals surface area (Å²) in [4.78, 5) is 25.1. The van der Waals surface area contributed by atoms with E-state index in [-0.39, 0.29) is 12.5 Å². The van der Waals surface area contributed by atoms with Gasteiger partial charge in [0.15, 0.2) is 0 Å². The van der Waals surface area contributed by atoms with Gasteiger partial charge in [0.2, 0.25) is 15.9 Å². The first-order chi connectivity index (χ1) is 9.18. The van der Waals surface area contributed by atoms with E-state index in [1.807, 2.05) is 0 Å². The fraction of sp³-hybridized carbons (Fsp3) is 0.833. The normalized spacial score (nSPS) is 21.5. The van der Waals surface area contributed by atoms with Crippen molar-refractivity contribution in [2.45, 2.75) is 25.8 Å². The Morgan fingerprint density at radius 2 is 2.05 bits per heavy atom. The van der Waals surface area contributed by atoms with E-state index in [1.165, 1.54) is 16.3 Å². The summed E-state index contributed by atoms with van der Waals surface area (Å²) in [5.74, 6) is -1.11. The van der Waals surface area contributed by atoms with Crippen molar-refractivity contribution in [2.75, 3.05) is 33.5 Å². The van der Waals surface area contributed by atoms with E-state index in [1.54, 1.807) is 14.0 Å². The van der Waals surface area contributed by atoms with Gasteiger partial charge in [-0.1, -0.05) is 6.92 Å². The summed E-state index contributed by atoms with van der Waals surface area (Å²) in [5, 5.41) is 0. The predicted molar refractivity (Wildman–Crippen MR) is 73.4 cm³/mol. The van der Waals surface area contributed by atoms with Gasteiger partial charge in [-0.25, -0.2) is 8.42 Å². The highest BCUT2D eigenvalue weighted by Gasteiger charge is 2.38. The van der Waals surface area contributed by atoms with E-state index in [2.05, 4.69) is 4.74 Å². The smallest absolute Gasteiger partial charge is 0.310 e.